The number of ether oxygens (including phenoxy) is 1. The summed E-state index contributed by atoms with van der Waals surface area (Å²) in [5.74, 6) is 4.35. The lowest BCUT2D eigenvalue weighted by Gasteiger charge is -2.63. The Balaban J connectivity index is 0.000000807. The third-order valence-corrected chi connectivity index (χ3v) is 10.2. The number of methoxy groups -OCH3 is 1. The fourth-order valence-electron chi connectivity index (χ4n) is 8.96. The van der Waals surface area contributed by atoms with E-state index in [1.165, 1.54) is 44.9 Å². The molecular weight excluding hydrogens is 384 g/mol. The molecule has 4 aliphatic carbocycles. The second kappa shape index (κ2) is 11.3. The molecular formula is C28H54O3. The predicted octanol–water partition coefficient (Wildman–Crippen LogP) is 6.56. The monoisotopic (exact) mass is 438 g/mol. The normalized spacial score (nSPS) is 46.8. The molecule has 0 heterocycles. The van der Waals surface area contributed by atoms with E-state index in [4.69, 9.17) is 4.74 Å². The van der Waals surface area contributed by atoms with Crippen molar-refractivity contribution in [2.24, 2.45) is 52.3 Å². The van der Waals surface area contributed by atoms with Crippen LogP contribution in [-0.2, 0) is 4.74 Å². The van der Waals surface area contributed by atoms with E-state index in [-0.39, 0.29) is 18.1 Å². The highest BCUT2D eigenvalue weighted by Gasteiger charge is 2.63. The molecule has 2 N–H and O–H groups in total. The Morgan fingerprint density at radius 3 is 2.26 bits per heavy atom. The topological polar surface area (TPSA) is 49.7 Å². The first-order valence-electron chi connectivity index (χ1n) is 13.6. The molecule has 0 saturated heterocycles. The van der Waals surface area contributed by atoms with Gasteiger partial charge in [0.15, 0.2) is 0 Å². The van der Waals surface area contributed by atoms with E-state index >= 15 is 0 Å². The van der Waals surface area contributed by atoms with Crippen LogP contribution in [0.2, 0.25) is 0 Å². The zero-order valence-electron chi connectivity index (χ0n) is 22.0. The van der Waals surface area contributed by atoms with Crippen molar-refractivity contribution in [2.75, 3.05) is 20.3 Å². The maximum atomic E-state index is 11.5. The SMILES string of the molecule is CC.CC.COCC1CCC2(C)C(CCC3C4CCC(C(C)CO)C4(C)CC(O)C32)C1. The summed E-state index contributed by atoms with van der Waals surface area (Å²) in [6.07, 6.45) is 9.84. The summed E-state index contributed by atoms with van der Waals surface area (Å²) in [6.45, 7) is 16.4. The van der Waals surface area contributed by atoms with Crippen LogP contribution in [0.4, 0.5) is 0 Å². The summed E-state index contributed by atoms with van der Waals surface area (Å²) >= 11 is 0. The highest BCUT2D eigenvalue weighted by atomic mass is 16.5. The van der Waals surface area contributed by atoms with Crippen LogP contribution in [-0.4, -0.2) is 36.6 Å². The van der Waals surface area contributed by atoms with Gasteiger partial charge in [-0.15, -0.1) is 0 Å². The van der Waals surface area contributed by atoms with Gasteiger partial charge in [0.25, 0.3) is 0 Å². The highest BCUT2D eigenvalue weighted by molar-refractivity contribution is 5.12. The molecule has 0 aliphatic heterocycles. The molecule has 3 heteroatoms. The molecule has 4 saturated carbocycles. The molecule has 0 bridgehead atoms. The van der Waals surface area contributed by atoms with Gasteiger partial charge in [-0.2, -0.15) is 0 Å². The van der Waals surface area contributed by atoms with Crippen molar-refractivity contribution >= 4 is 0 Å². The number of fused-ring (bicyclic) bond motifs is 5. The second-order valence-electron chi connectivity index (χ2n) is 11.3. The molecule has 0 aromatic carbocycles. The number of aliphatic hydroxyl groups excluding tert-OH is 2. The van der Waals surface area contributed by atoms with Gasteiger partial charge in [0.1, 0.15) is 0 Å². The molecule has 0 aromatic rings. The quantitative estimate of drug-likeness (QED) is 0.522. The van der Waals surface area contributed by atoms with Crippen LogP contribution in [0.15, 0.2) is 0 Å². The Morgan fingerprint density at radius 2 is 1.65 bits per heavy atom. The minimum atomic E-state index is -0.158. The van der Waals surface area contributed by atoms with Crippen molar-refractivity contribution in [2.45, 2.75) is 106 Å². The molecule has 10 atom stereocenters. The molecule has 31 heavy (non-hydrogen) atoms. The van der Waals surface area contributed by atoms with Crippen LogP contribution in [0.5, 0.6) is 0 Å². The Labute approximate surface area is 193 Å². The molecule has 0 spiro atoms. The molecule has 0 radical (unpaired) electrons. The lowest BCUT2D eigenvalue weighted by Crippen LogP contribution is -2.59. The van der Waals surface area contributed by atoms with Crippen LogP contribution in [0, 0.1) is 52.3 Å². The van der Waals surface area contributed by atoms with Crippen molar-refractivity contribution in [1.82, 2.24) is 0 Å². The first-order valence-corrected chi connectivity index (χ1v) is 13.6. The van der Waals surface area contributed by atoms with Gasteiger partial charge in [-0.1, -0.05) is 48.5 Å². The molecule has 0 amide bonds. The van der Waals surface area contributed by atoms with Gasteiger partial charge < -0.3 is 14.9 Å². The van der Waals surface area contributed by atoms with Crippen molar-refractivity contribution in [3.63, 3.8) is 0 Å². The van der Waals surface area contributed by atoms with Gasteiger partial charge in [0, 0.05) is 20.3 Å². The zero-order chi connectivity index (χ0) is 23.4. The van der Waals surface area contributed by atoms with Crippen LogP contribution < -0.4 is 0 Å². The standard InChI is InChI=1S/C24H42O3.2C2H6/c1-15(13-25)19-7-8-20-18-6-5-17-11-16(14-27-4)9-10-23(17,2)22(18)21(26)12-24(19,20)3;2*1-2/h15-22,25-26H,5-14H2,1-4H3;2*1-2H3. The fraction of sp³-hybridized carbons (Fsp3) is 1.00. The first-order chi connectivity index (χ1) is 14.8. The van der Waals surface area contributed by atoms with Crippen LogP contribution in [0.25, 0.3) is 0 Å². The number of aliphatic hydroxyl groups is 2. The third-order valence-electron chi connectivity index (χ3n) is 10.2. The summed E-state index contributed by atoms with van der Waals surface area (Å²) in [4.78, 5) is 0. The number of hydrogen-bond donors (Lipinski definition) is 2. The summed E-state index contributed by atoms with van der Waals surface area (Å²) in [5, 5.41) is 21.3. The summed E-state index contributed by atoms with van der Waals surface area (Å²) in [7, 11) is 1.83. The lowest BCUT2D eigenvalue weighted by atomic mass is 9.43. The van der Waals surface area contributed by atoms with Crippen molar-refractivity contribution in [1.29, 1.82) is 0 Å². The average Bonchev–Trinajstić information content (AvgIpc) is 3.12. The van der Waals surface area contributed by atoms with Crippen LogP contribution >= 0.6 is 0 Å². The van der Waals surface area contributed by atoms with Crippen LogP contribution in [0.3, 0.4) is 0 Å². The molecule has 184 valence electrons. The largest absolute Gasteiger partial charge is 0.396 e. The van der Waals surface area contributed by atoms with E-state index in [0.29, 0.717) is 29.1 Å². The summed E-state index contributed by atoms with van der Waals surface area (Å²) in [6, 6.07) is 0. The molecule has 4 fully saturated rings. The number of hydrogen-bond acceptors (Lipinski definition) is 3. The smallest absolute Gasteiger partial charge is 0.0581 e. The van der Waals surface area contributed by atoms with Crippen molar-refractivity contribution in [3.8, 4) is 0 Å². The van der Waals surface area contributed by atoms with Gasteiger partial charge in [-0.3, -0.25) is 0 Å². The second-order valence-corrected chi connectivity index (χ2v) is 11.3. The molecule has 0 aromatic heterocycles. The Hall–Kier alpha value is -0.120. The van der Waals surface area contributed by atoms with E-state index in [9.17, 15) is 10.2 Å². The molecule has 3 nitrogen and oxygen atoms in total. The van der Waals surface area contributed by atoms with E-state index in [1.54, 1.807) is 0 Å². The van der Waals surface area contributed by atoms with E-state index in [1.807, 2.05) is 34.8 Å². The molecule has 4 rings (SSSR count). The Bertz CT molecular complexity index is 536. The molecule has 4 aliphatic rings. The maximum absolute atomic E-state index is 11.5. The Morgan fingerprint density at radius 1 is 0.968 bits per heavy atom. The Kier molecular flexibility index (Phi) is 9.92. The highest BCUT2D eigenvalue weighted by Crippen LogP contribution is 2.68. The first kappa shape index (κ1) is 27.1. The van der Waals surface area contributed by atoms with Gasteiger partial charge >= 0.3 is 0 Å². The number of rotatable bonds is 4. The van der Waals surface area contributed by atoms with E-state index in [0.717, 1.165) is 30.8 Å². The van der Waals surface area contributed by atoms with Gasteiger partial charge in [-0.05, 0) is 104 Å². The van der Waals surface area contributed by atoms with Crippen molar-refractivity contribution in [3.05, 3.63) is 0 Å². The van der Waals surface area contributed by atoms with Gasteiger partial charge in [0.2, 0.25) is 0 Å². The van der Waals surface area contributed by atoms with Gasteiger partial charge in [-0.25, -0.2) is 0 Å². The van der Waals surface area contributed by atoms with E-state index < -0.39 is 0 Å². The van der Waals surface area contributed by atoms with Gasteiger partial charge in [0.05, 0.1) is 6.10 Å². The predicted molar refractivity (Wildman–Crippen MR) is 131 cm³/mol. The minimum absolute atomic E-state index is 0.158. The molecule has 10 unspecified atom stereocenters. The lowest BCUT2D eigenvalue weighted by molar-refractivity contribution is -0.177. The third kappa shape index (κ3) is 4.76. The minimum Gasteiger partial charge on any atom is -0.396 e. The fourth-order valence-corrected chi connectivity index (χ4v) is 8.96. The van der Waals surface area contributed by atoms with E-state index in [2.05, 4.69) is 20.8 Å². The zero-order valence-corrected chi connectivity index (χ0v) is 22.0. The van der Waals surface area contributed by atoms with Crippen LogP contribution in [0.1, 0.15) is 99.8 Å². The maximum Gasteiger partial charge on any atom is 0.0581 e. The summed E-state index contributed by atoms with van der Waals surface area (Å²) < 4.78 is 5.47. The van der Waals surface area contributed by atoms with Crippen molar-refractivity contribution < 1.29 is 14.9 Å². The summed E-state index contributed by atoms with van der Waals surface area (Å²) in [5.41, 5.74) is 0.535. The average molecular weight is 439 g/mol.